The van der Waals surface area contributed by atoms with Crippen molar-refractivity contribution in [1.82, 2.24) is 10.4 Å². The molecule has 0 saturated heterocycles. The summed E-state index contributed by atoms with van der Waals surface area (Å²) >= 11 is 0. The molecule has 2 heterocycles. The van der Waals surface area contributed by atoms with Crippen LogP contribution >= 0.6 is 0 Å². The molecule has 0 radical (unpaired) electrons. The van der Waals surface area contributed by atoms with Gasteiger partial charge in [0.05, 0.1) is 11.8 Å². The molecule has 0 fully saturated rings. The highest BCUT2D eigenvalue weighted by molar-refractivity contribution is 6.07. The van der Waals surface area contributed by atoms with Crippen LogP contribution in [0.2, 0.25) is 0 Å². The van der Waals surface area contributed by atoms with Crippen LogP contribution in [0.3, 0.4) is 0 Å². The smallest absolute Gasteiger partial charge is 0.240 e. The van der Waals surface area contributed by atoms with E-state index in [0.29, 0.717) is 17.9 Å². The quantitative estimate of drug-likeness (QED) is 0.708. The van der Waals surface area contributed by atoms with Gasteiger partial charge in [-0.25, -0.2) is 10.4 Å². The molecule has 0 bridgehead atoms. The molecule has 1 unspecified atom stereocenters. The Hall–Kier alpha value is -3.15. The number of hydrogen-bond donors (Lipinski definition) is 1. The molecule has 4 rings (SSSR count). The van der Waals surface area contributed by atoms with E-state index in [1.807, 2.05) is 56.3 Å². The number of oxazole rings is 1. The average Bonchev–Trinajstić information content (AvgIpc) is 3.11. The minimum atomic E-state index is -0.0397. The molecular formula is C22H23N3O3. The van der Waals surface area contributed by atoms with Gasteiger partial charge in [0.2, 0.25) is 11.8 Å². The zero-order valence-corrected chi connectivity index (χ0v) is 16.2. The van der Waals surface area contributed by atoms with Gasteiger partial charge in [-0.15, -0.1) is 0 Å². The van der Waals surface area contributed by atoms with E-state index < -0.39 is 0 Å². The Morgan fingerprint density at radius 3 is 2.86 bits per heavy atom. The third kappa shape index (κ3) is 3.63. The van der Waals surface area contributed by atoms with Crippen molar-refractivity contribution in [1.29, 1.82) is 0 Å². The lowest BCUT2D eigenvalue weighted by Crippen LogP contribution is -2.33. The first kappa shape index (κ1) is 18.2. The first-order chi connectivity index (χ1) is 13.5. The zero-order valence-electron chi connectivity index (χ0n) is 16.2. The van der Waals surface area contributed by atoms with Crippen LogP contribution < -0.4 is 10.2 Å². The number of fused-ring (bicyclic) bond motifs is 1. The van der Waals surface area contributed by atoms with Gasteiger partial charge in [-0.05, 0) is 50.6 Å². The van der Waals surface area contributed by atoms with Crippen molar-refractivity contribution in [3.8, 4) is 17.2 Å². The lowest BCUT2D eigenvalue weighted by atomic mass is 9.90. The Bertz CT molecular complexity index is 1050. The molecule has 1 aliphatic rings. The van der Waals surface area contributed by atoms with Crippen molar-refractivity contribution in [3.05, 3.63) is 48.0 Å². The van der Waals surface area contributed by atoms with Crippen LogP contribution in [-0.2, 0) is 4.79 Å². The predicted octanol–water partition coefficient (Wildman–Crippen LogP) is 4.53. The minimum absolute atomic E-state index is 0.0397. The van der Waals surface area contributed by atoms with E-state index in [4.69, 9.17) is 9.15 Å². The maximum absolute atomic E-state index is 11.6. The largest absolute Gasteiger partial charge is 0.491 e. The highest BCUT2D eigenvalue weighted by Gasteiger charge is 2.24. The van der Waals surface area contributed by atoms with Gasteiger partial charge in [0.25, 0.3) is 0 Å². The fraction of sp³-hybridized carbons (Fsp3) is 0.318. The molecule has 6 heteroatoms. The van der Waals surface area contributed by atoms with Gasteiger partial charge in [-0.3, -0.25) is 4.79 Å². The summed E-state index contributed by atoms with van der Waals surface area (Å²) in [5.74, 6) is 1.40. The van der Waals surface area contributed by atoms with Gasteiger partial charge in [-0.1, -0.05) is 19.1 Å². The number of carbonyl (C=O) groups excluding carboxylic acids is 1. The topological polar surface area (TPSA) is 76.7 Å². The Balaban J connectivity index is 1.68. The van der Waals surface area contributed by atoms with Crippen molar-refractivity contribution < 1.29 is 13.9 Å². The number of nitrogens with one attached hydrogen (secondary N) is 1. The standard InChI is InChI=1S/C22H23N3O3/c1-4-14-12-20(26)24-25-21(14)15-8-9-18-19(11-15)28-22(23-18)16-6-5-7-17(10-16)27-13(2)3/h5-11,13-14H,4,12H2,1-3H3,(H,24,26). The second kappa shape index (κ2) is 7.46. The fourth-order valence-corrected chi connectivity index (χ4v) is 3.40. The van der Waals surface area contributed by atoms with Crippen molar-refractivity contribution in [2.75, 3.05) is 0 Å². The van der Waals surface area contributed by atoms with E-state index in [0.717, 1.165) is 34.5 Å². The number of rotatable bonds is 5. The summed E-state index contributed by atoms with van der Waals surface area (Å²) in [6.45, 7) is 6.05. The monoisotopic (exact) mass is 377 g/mol. The highest BCUT2D eigenvalue weighted by Crippen LogP contribution is 2.29. The van der Waals surface area contributed by atoms with E-state index in [1.54, 1.807) is 0 Å². The summed E-state index contributed by atoms with van der Waals surface area (Å²) in [6, 6.07) is 13.6. The van der Waals surface area contributed by atoms with Crippen LogP contribution in [0.5, 0.6) is 5.75 Å². The first-order valence-corrected chi connectivity index (χ1v) is 9.58. The zero-order chi connectivity index (χ0) is 19.7. The Morgan fingerprint density at radius 2 is 2.07 bits per heavy atom. The normalized spacial score (nSPS) is 16.9. The summed E-state index contributed by atoms with van der Waals surface area (Å²) in [6.07, 6.45) is 1.41. The highest BCUT2D eigenvalue weighted by atomic mass is 16.5. The maximum Gasteiger partial charge on any atom is 0.240 e. The van der Waals surface area contributed by atoms with Crippen LogP contribution in [-0.4, -0.2) is 22.7 Å². The number of hydrazone groups is 1. The van der Waals surface area contributed by atoms with E-state index in [2.05, 4.69) is 22.4 Å². The summed E-state index contributed by atoms with van der Waals surface area (Å²) < 4.78 is 11.8. The average molecular weight is 377 g/mol. The fourth-order valence-electron chi connectivity index (χ4n) is 3.40. The molecule has 28 heavy (non-hydrogen) atoms. The third-order valence-electron chi connectivity index (χ3n) is 4.75. The Morgan fingerprint density at radius 1 is 1.21 bits per heavy atom. The van der Waals surface area contributed by atoms with Gasteiger partial charge in [0.1, 0.15) is 11.3 Å². The lowest BCUT2D eigenvalue weighted by molar-refractivity contribution is -0.122. The summed E-state index contributed by atoms with van der Waals surface area (Å²) in [5.41, 5.74) is 6.75. The molecule has 2 aromatic carbocycles. The SMILES string of the molecule is CCC1CC(=O)NN=C1c1ccc2nc(-c3cccc(OC(C)C)c3)oc2c1. The van der Waals surface area contributed by atoms with Gasteiger partial charge < -0.3 is 9.15 Å². The molecule has 1 amide bonds. The molecule has 6 nitrogen and oxygen atoms in total. The van der Waals surface area contributed by atoms with E-state index >= 15 is 0 Å². The van der Waals surface area contributed by atoms with Crippen LogP contribution in [0.1, 0.15) is 39.2 Å². The number of ether oxygens (including phenoxy) is 1. The van der Waals surface area contributed by atoms with Crippen LogP contribution in [0.15, 0.2) is 52.0 Å². The molecule has 1 aliphatic heterocycles. The number of nitrogens with zero attached hydrogens (tertiary/aromatic N) is 2. The number of aromatic nitrogens is 1. The van der Waals surface area contributed by atoms with E-state index in [1.165, 1.54) is 0 Å². The molecule has 1 N–H and O–H groups in total. The first-order valence-electron chi connectivity index (χ1n) is 9.58. The van der Waals surface area contributed by atoms with Crippen molar-refractivity contribution in [2.45, 2.75) is 39.7 Å². The molecule has 3 aromatic rings. The summed E-state index contributed by atoms with van der Waals surface area (Å²) in [7, 11) is 0. The van der Waals surface area contributed by atoms with Crippen molar-refractivity contribution in [3.63, 3.8) is 0 Å². The number of carbonyl (C=O) groups is 1. The summed E-state index contributed by atoms with van der Waals surface area (Å²) in [4.78, 5) is 16.2. The second-order valence-electron chi connectivity index (χ2n) is 7.24. The van der Waals surface area contributed by atoms with Crippen LogP contribution in [0, 0.1) is 5.92 Å². The third-order valence-corrected chi connectivity index (χ3v) is 4.75. The molecule has 1 aromatic heterocycles. The van der Waals surface area contributed by atoms with Crippen LogP contribution in [0.4, 0.5) is 0 Å². The van der Waals surface area contributed by atoms with Crippen molar-refractivity contribution in [2.24, 2.45) is 11.0 Å². The van der Waals surface area contributed by atoms with Gasteiger partial charge >= 0.3 is 0 Å². The Labute approximate surface area is 163 Å². The molecule has 1 atom stereocenters. The number of hydrogen-bond acceptors (Lipinski definition) is 5. The molecule has 0 spiro atoms. The predicted molar refractivity (Wildman–Crippen MR) is 108 cm³/mol. The van der Waals surface area contributed by atoms with E-state index in [9.17, 15) is 4.79 Å². The minimum Gasteiger partial charge on any atom is -0.491 e. The maximum atomic E-state index is 11.6. The molecule has 144 valence electrons. The Kier molecular flexibility index (Phi) is 4.86. The van der Waals surface area contributed by atoms with E-state index in [-0.39, 0.29) is 17.9 Å². The van der Waals surface area contributed by atoms with Crippen molar-refractivity contribution >= 4 is 22.7 Å². The molecule has 0 aliphatic carbocycles. The molecular weight excluding hydrogens is 354 g/mol. The second-order valence-corrected chi connectivity index (χ2v) is 7.24. The van der Waals surface area contributed by atoms with Gasteiger partial charge in [0.15, 0.2) is 5.58 Å². The van der Waals surface area contributed by atoms with Gasteiger partial charge in [0, 0.05) is 23.5 Å². The van der Waals surface area contributed by atoms with Gasteiger partial charge in [-0.2, -0.15) is 5.10 Å². The number of amides is 1. The number of benzene rings is 2. The lowest BCUT2D eigenvalue weighted by Gasteiger charge is -2.21. The van der Waals surface area contributed by atoms with Crippen LogP contribution in [0.25, 0.3) is 22.6 Å². The summed E-state index contributed by atoms with van der Waals surface area (Å²) in [5, 5.41) is 4.28. The molecule has 0 saturated carbocycles.